The molecule has 0 saturated carbocycles. The molecule has 1 amide bonds. The Morgan fingerprint density at radius 3 is 2.80 bits per heavy atom. The van der Waals surface area contributed by atoms with Gasteiger partial charge in [0.1, 0.15) is 0 Å². The summed E-state index contributed by atoms with van der Waals surface area (Å²) < 4.78 is 5.24. The van der Waals surface area contributed by atoms with Crippen LogP contribution in [0.15, 0.2) is 12.1 Å². The van der Waals surface area contributed by atoms with Crippen molar-refractivity contribution in [2.45, 2.75) is 32.7 Å². The highest BCUT2D eigenvalue weighted by molar-refractivity contribution is 5.95. The van der Waals surface area contributed by atoms with Crippen molar-refractivity contribution in [2.24, 2.45) is 5.92 Å². The maximum atomic E-state index is 11.4. The number of rotatable bonds is 5. The lowest BCUT2D eigenvalue weighted by molar-refractivity contribution is -0.116. The molecule has 0 fully saturated rings. The molecule has 1 aromatic carbocycles. The summed E-state index contributed by atoms with van der Waals surface area (Å²) in [6.07, 6.45) is 1.29. The number of anilines is 3. The van der Waals surface area contributed by atoms with Gasteiger partial charge < -0.3 is 21.1 Å². The van der Waals surface area contributed by atoms with Gasteiger partial charge >= 0.3 is 0 Å². The second-order valence-corrected chi connectivity index (χ2v) is 5.59. The molecule has 0 spiro atoms. The Balaban J connectivity index is 2.22. The average molecular weight is 277 g/mol. The van der Waals surface area contributed by atoms with E-state index >= 15 is 0 Å². The Morgan fingerprint density at radius 2 is 2.15 bits per heavy atom. The van der Waals surface area contributed by atoms with Gasteiger partial charge in [-0.05, 0) is 30.0 Å². The van der Waals surface area contributed by atoms with E-state index in [2.05, 4.69) is 24.5 Å². The number of fused-ring (bicyclic) bond motifs is 1. The third-order valence-electron chi connectivity index (χ3n) is 3.66. The molecule has 5 nitrogen and oxygen atoms in total. The Hall–Kier alpha value is -1.75. The Morgan fingerprint density at radius 1 is 1.40 bits per heavy atom. The lowest BCUT2D eigenvalue weighted by Crippen LogP contribution is -2.31. The van der Waals surface area contributed by atoms with Gasteiger partial charge in [-0.15, -0.1) is 0 Å². The SMILES string of the molecule is COCC(Nc1cc2c(cc1N)NC(=O)CC2)C(C)C. The lowest BCUT2D eigenvalue weighted by Gasteiger charge is -2.25. The third-order valence-corrected chi connectivity index (χ3v) is 3.66. The maximum absolute atomic E-state index is 11.4. The molecule has 110 valence electrons. The molecule has 2 rings (SSSR count). The minimum Gasteiger partial charge on any atom is -0.397 e. The summed E-state index contributed by atoms with van der Waals surface area (Å²) in [6.45, 7) is 4.92. The number of nitrogen functional groups attached to an aromatic ring is 1. The number of nitrogens with one attached hydrogen (secondary N) is 2. The van der Waals surface area contributed by atoms with Crippen LogP contribution in [0.3, 0.4) is 0 Å². The minimum atomic E-state index is 0.0528. The number of ether oxygens (including phenoxy) is 1. The van der Waals surface area contributed by atoms with Gasteiger partial charge in [-0.3, -0.25) is 4.79 Å². The second-order valence-electron chi connectivity index (χ2n) is 5.59. The topological polar surface area (TPSA) is 76.4 Å². The number of carbonyl (C=O) groups is 1. The second kappa shape index (κ2) is 6.13. The molecule has 0 aliphatic carbocycles. The van der Waals surface area contributed by atoms with Crippen molar-refractivity contribution in [3.63, 3.8) is 0 Å². The molecule has 1 atom stereocenters. The Labute approximate surface area is 119 Å². The van der Waals surface area contributed by atoms with Gasteiger partial charge in [0.25, 0.3) is 0 Å². The van der Waals surface area contributed by atoms with Crippen molar-refractivity contribution in [1.82, 2.24) is 0 Å². The summed E-state index contributed by atoms with van der Waals surface area (Å²) in [5.74, 6) is 0.488. The van der Waals surface area contributed by atoms with E-state index in [1.807, 2.05) is 12.1 Å². The zero-order valence-electron chi connectivity index (χ0n) is 12.3. The van der Waals surface area contributed by atoms with Crippen LogP contribution in [-0.4, -0.2) is 25.7 Å². The first-order valence-electron chi connectivity index (χ1n) is 6.99. The van der Waals surface area contributed by atoms with Crippen LogP contribution in [0.25, 0.3) is 0 Å². The lowest BCUT2D eigenvalue weighted by atomic mass is 10.00. The highest BCUT2D eigenvalue weighted by atomic mass is 16.5. The number of aryl methyl sites for hydroxylation is 1. The van der Waals surface area contributed by atoms with E-state index in [0.29, 0.717) is 24.6 Å². The maximum Gasteiger partial charge on any atom is 0.224 e. The quantitative estimate of drug-likeness (QED) is 0.721. The summed E-state index contributed by atoms with van der Waals surface area (Å²) >= 11 is 0. The zero-order valence-corrected chi connectivity index (χ0v) is 12.3. The molecule has 0 saturated heterocycles. The molecule has 1 unspecified atom stereocenters. The number of carbonyl (C=O) groups excluding carboxylic acids is 1. The first-order valence-corrected chi connectivity index (χ1v) is 6.99. The van der Waals surface area contributed by atoms with Crippen LogP contribution in [0.1, 0.15) is 25.8 Å². The third kappa shape index (κ3) is 3.22. The highest BCUT2D eigenvalue weighted by Gasteiger charge is 2.19. The van der Waals surface area contributed by atoms with E-state index in [1.54, 1.807) is 7.11 Å². The number of hydrogen-bond donors (Lipinski definition) is 3. The minimum absolute atomic E-state index is 0.0528. The number of methoxy groups -OCH3 is 1. The van der Waals surface area contributed by atoms with Crippen LogP contribution < -0.4 is 16.4 Å². The van der Waals surface area contributed by atoms with Crippen molar-refractivity contribution in [3.05, 3.63) is 17.7 Å². The summed E-state index contributed by atoms with van der Waals surface area (Å²) in [6, 6.07) is 4.08. The fourth-order valence-corrected chi connectivity index (χ4v) is 2.35. The van der Waals surface area contributed by atoms with Gasteiger partial charge in [-0.25, -0.2) is 0 Å². The number of nitrogens with two attached hydrogens (primary N) is 1. The van der Waals surface area contributed by atoms with E-state index in [-0.39, 0.29) is 11.9 Å². The summed E-state index contributed by atoms with van der Waals surface area (Å²) in [5, 5.41) is 6.30. The van der Waals surface area contributed by atoms with Crippen LogP contribution in [0, 0.1) is 5.92 Å². The number of amides is 1. The van der Waals surface area contributed by atoms with Crippen molar-refractivity contribution < 1.29 is 9.53 Å². The van der Waals surface area contributed by atoms with Crippen LogP contribution >= 0.6 is 0 Å². The monoisotopic (exact) mass is 277 g/mol. The van der Waals surface area contributed by atoms with E-state index in [4.69, 9.17) is 10.5 Å². The van der Waals surface area contributed by atoms with E-state index < -0.39 is 0 Å². The molecule has 1 aliphatic heterocycles. The Kier molecular flexibility index (Phi) is 4.49. The average Bonchev–Trinajstić information content (AvgIpc) is 2.39. The van der Waals surface area contributed by atoms with Crippen molar-refractivity contribution in [1.29, 1.82) is 0 Å². The number of benzene rings is 1. The van der Waals surface area contributed by atoms with Crippen LogP contribution in [0.2, 0.25) is 0 Å². The zero-order chi connectivity index (χ0) is 14.7. The van der Waals surface area contributed by atoms with E-state index in [0.717, 1.165) is 23.4 Å². The van der Waals surface area contributed by atoms with E-state index in [9.17, 15) is 4.79 Å². The highest BCUT2D eigenvalue weighted by Crippen LogP contribution is 2.31. The molecule has 1 aromatic rings. The fraction of sp³-hybridized carbons (Fsp3) is 0.533. The van der Waals surface area contributed by atoms with Crippen molar-refractivity contribution in [3.8, 4) is 0 Å². The predicted molar refractivity (Wildman–Crippen MR) is 81.9 cm³/mol. The van der Waals surface area contributed by atoms with Gasteiger partial charge in [0.2, 0.25) is 5.91 Å². The summed E-state index contributed by atoms with van der Waals surface area (Å²) in [5.41, 5.74) is 9.60. The first-order chi connectivity index (χ1) is 9.51. The molecule has 5 heteroatoms. The molecular formula is C15H23N3O2. The normalized spacial score (nSPS) is 15.7. The molecule has 20 heavy (non-hydrogen) atoms. The van der Waals surface area contributed by atoms with Gasteiger partial charge in [0, 0.05) is 19.2 Å². The predicted octanol–water partition coefficient (Wildman–Crippen LogP) is 2.24. The van der Waals surface area contributed by atoms with Crippen molar-refractivity contribution in [2.75, 3.05) is 30.1 Å². The number of hydrogen-bond acceptors (Lipinski definition) is 4. The molecule has 1 aliphatic rings. The fourth-order valence-electron chi connectivity index (χ4n) is 2.35. The molecule has 0 radical (unpaired) electrons. The van der Waals surface area contributed by atoms with E-state index in [1.165, 1.54) is 0 Å². The summed E-state index contributed by atoms with van der Waals surface area (Å²) in [7, 11) is 1.70. The summed E-state index contributed by atoms with van der Waals surface area (Å²) in [4.78, 5) is 11.4. The van der Waals surface area contributed by atoms with Gasteiger partial charge in [-0.2, -0.15) is 0 Å². The molecular weight excluding hydrogens is 254 g/mol. The smallest absolute Gasteiger partial charge is 0.224 e. The molecule has 0 aromatic heterocycles. The van der Waals surface area contributed by atoms with Gasteiger partial charge in [0.05, 0.1) is 24.0 Å². The van der Waals surface area contributed by atoms with Crippen LogP contribution in [0.5, 0.6) is 0 Å². The molecule has 0 bridgehead atoms. The van der Waals surface area contributed by atoms with Gasteiger partial charge in [-0.1, -0.05) is 13.8 Å². The van der Waals surface area contributed by atoms with Crippen molar-refractivity contribution >= 4 is 23.0 Å². The molecule has 4 N–H and O–H groups in total. The van der Waals surface area contributed by atoms with Crippen LogP contribution in [-0.2, 0) is 16.0 Å². The Bertz CT molecular complexity index is 500. The first kappa shape index (κ1) is 14.7. The standard InChI is InChI=1S/C15H23N3O2/c1-9(2)14(8-20-3)17-13-6-10-4-5-15(19)18-12(10)7-11(13)16/h6-7,9,14,17H,4-5,8,16H2,1-3H3,(H,18,19). The van der Waals surface area contributed by atoms with Crippen LogP contribution in [0.4, 0.5) is 17.1 Å². The van der Waals surface area contributed by atoms with Gasteiger partial charge in [0.15, 0.2) is 0 Å². The largest absolute Gasteiger partial charge is 0.397 e. The molecule has 1 heterocycles.